The number of anilines is 2. The predicted molar refractivity (Wildman–Crippen MR) is 153 cm³/mol. The van der Waals surface area contributed by atoms with E-state index in [1.807, 2.05) is 18.2 Å². The van der Waals surface area contributed by atoms with Crippen molar-refractivity contribution in [2.24, 2.45) is 0 Å². The van der Waals surface area contributed by atoms with Crippen LogP contribution in [0.25, 0.3) is 0 Å². The maximum Gasteiger partial charge on any atom is 0.342 e. The quantitative estimate of drug-likeness (QED) is 0.296. The molecule has 4 heterocycles. The van der Waals surface area contributed by atoms with E-state index >= 15 is 4.79 Å². The number of aromatic nitrogens is 1. The number of ether oxygens (including phenoxy) is 1. The third kappa shape index (κ3) is 3.68. The molecule has 3 aromatic rings. The van der Waals surface area contributed by atoms with E-state index in [1.54, 1.807) is 30.3 Å². The molecule has 2 aromatic carbocycles. The molecule has 0 radical (unpaired) electrons. The first kappa shape index (κ1) is 27.3. The molecule has 3 aliphatic heterocycles. The van der Waals surface area contributed by atoms with Gasteiger partial charge in [0.05, 0.1) is 20.0 Å². The van der Waals surface area contributed by atoms with E-state index in [9.17, 15) is 22.8 Å². The van der Waals surface area contributed by atoms with Crippen LogP contribution in [0.4, 0.5) is 24.7 Å². The summed E-state index contributed by atoms with van der Waals surface area (Å²) in [5.41, 5.74) is 1.69. The van der Waals surface area contributed by atoms with Crippen LogP contribution in [-0.2, 0) is 14.4 Å². The molecule has 11 heteroatoms. The lowest BCUT2D eigenvalue weighted by molar-refractivity contribution is -0.784. The van der Waals surface area contributed by atoms with Crippen molar-refractivity contribution in [3.8, 4) is 5.88 Å². The molecule has 5 aliphatic rings. The highest BCUT2D eigenvalue weighted by molar-refractivity contribution is 6.10. The number of halogens is 3. The number of fused-ring (bicyclic) bond motifs is 3. The number of carbonyl (C=O) groups excluding carboxylic acids is 3. The van der Waals surface area contributed by atoms with Gasteiger partial charge in [-0.2, -0.15) is 4.98 Å². The topological polar surface area (TPSA) is 79.8 Å². The molecule has 6 atom stereocenters. The third-order valence-electron chi connectivity index (χ3n) is 10.5. The van der Waals surface area contributed by atoms with Gasteiger partial charge in [-0.3, -0.25) is 19.4 Å². The molecule has 0 spiro atoms. The molecule has 2 saturated heterocycles. The SMILES string of the molecule is COc1cccc(N2C(=O)CCC2C(=O)N(c2cccc(F)c2)C2C(=O)[N+]3(C4CC(F)(F)C4)C4CC(c5ccccc52)C43)n1. The van der Waals surface area contributed by atoms with Crippen molar-refractivity contribution in [2.45, 2.75) is 74.2 Å². The summed E-state index contributed by atoms with van der Waals surface area (Å²) < 4.78 is 48.5. The van der Waals surface area contributed by atoms with E-state index in [0.29, 0.717) is 5.56 Å². The zero-order valence-corrected chi connectivity index (χ0v) is 23.9. The number of carbonyl (C=O) groups is 3. The van der Waals surface area contributed by atoms with Crippen molar-refractivity contribution in [2.75, 3.05) is 16.9 Å². The van der Waals surface area contributed by atoms with Gasteiger partial charge in [-0.1, -0.05) is 36.4 Å². The van der Waals surface area contributed by atoms with Crippen molar-refractivity contribution in [1.82, 2.24) is 4.98 Å². The largest absolute Gasteiger partial charge is 0.481 e. The summed E-state index contributed by atoms with van der Waals surface area (Å²) in [5, 5.41) is 0. The zero-order chi connectivity index (χ0) is 30.5. The Morgan fingerprint density at radius 2 is 1.80 bits per heavy atom. The lowest BCUT2D eigenvalue weighted by Gasteiger charge is -2.42. The van der Waals surface area contributed by atoms with Crippen LogP contribution in [0, 0.1) is 5.82 Å². The van der Waals surface area contributed by atoms with Crippen LogP contribution in [0.15, 0.2) is 66.7 Å². The van der Waals surface area contributed by atoms with E-state index in [4.69, 9.17) is 4.74 Å². The van der Waals surface area contributed by atoms with Crippen LogP contribution < -0.4 is 14.5 Å². The first-order valence-corrected chi connectivity index (χ1v) is 15.0. The fourth-order valence-corrected chi connectivity index (χ4v) is 8.52. The van der Waals surface area contributed by atoms with Crippen molar-refractivity contribution >= 4 is 29.2 Å². The van der Waals surface area contributed by atoms with E-state index < -0.39 is 35.8 Å². The maximum absolute atomic E-state index is 15.0. The van der Waals surface area contributed by atoms with Gasteiger partial charge in [0.15, 0.2) is 18.1 Å². The molecule has 0 N–H and O–H groups in total. The number of amides is 3. The Bertz CT molecular complexity index is 1730. The van der Waals surface area contributed by atoms with Crippen LogP contribution >= 0.6 is 0 Å². The van der Waals surface area contributed by atoms with Crippen molar-refractivity contribution in [3.05, 3.63) is 83.7 Å². The predicted octanol–water partition coefficient (Wildman–Crippen LogP) is 4.89. The molecule has 6 unspecified atom stereocenters. The normalized spacial score (nSPS) is 31.3. The van der Waals surface area contributed by atoms with Gasteiger partial charge >= 0.3 is 5.91 Å². The number of quaternary nitrogens is 1. The second-order valence-corrected chi connectivity index (χ2v) is 12.6. The van der Waals surface area contributed by atoms with E-state index in [-0.39, 0.29) is 77.4 Å². The first-order chi connectivity index (χ1) is 21.2. The molecule has 8 nitrogen and oxygen atoms in total. The number of methoxy groups -OCH3 is 1. The monoisotopic (exact) mass is 603 g/mol. The second-order valence-electron chi connectivity index (χ2n) is 12.6. The number of alkyl halides is 2. The summed E-state index contributed by atoms with van der Waals surface area (Å²) in [4.78, 5) is 50.1. The Labute approximate surface area is 251 Å². The minimum atomic E-state index is -2.82. The molecular weight excluding hydrogens is 573 g/mol. The van der Waals surface area contributed by atoms with Gasteiger partial charge in [-0.15, -0.1) is 0 Å². The van der Waals surface area contributed by atoms with E-state index in [2.05, 4.69) is 4.98 Å². The highest BCUT2D eigenvalue weighted by Crippen LogP contribution is 2.70. The average Bonchev–Trinajstić information content (AvgIpc) is 3.32. The number of hydrogen-bond donors (Lipinski definition) is 0. The average molecular weight is 604 g/mol. The number of pyridine rings is 1. The van der Waals surface area contributed by atoms with Gasteiger partial charge in [-0.05, 0) is 41.8 Å². The fourth-order valence-electron chi connectivity index (χ4n) is 8.52. The summed E-state index contributed by atoms with van der Waals surface area (Å²) in [6.45, 7) is 0. The molecule has 4 fully saturated rings. The lowest BCUT2D eigenvalue weighted by atomic mass is 9.77. The smallest absolute Gasteiger partial charge is 0.342 e. The molecular formula is C33H30F3N4O4+. The van der Waals surface area contributed by atoms with E-state index in [0.717, 1.165) is 12.0 Å². The van der Waals surface area contributed by atoms with Gasteiger partial charge in [0, 0.05) is 30.5 Å². The number of benzene rings is 2. The summed E-state index contributed by atoms with van der Waals surface area (Å²) in [6, 6.07) is 14.9. The van der Waals surface area contributed by atoms with Gasteiger partial charge in [0.25, 0.3) is 11.8 Å². The van der Waals surface area contributed by atoms with Crippen molar-refractivity contribution < 1.29 is 36.8 Å². The second kappa shape index (κ2) is 9.37. The molecule has 3 amide bonds. The Hall–Kier alpha value is -4.25. The Balaban J connectivity index is 1.27. The molecule has 1 aromatic heterocycles. The Kier molecular flexibility index (Phi) is 5.82. The molecule has 2 saturated carbocycles. The van der Waals surface area contributed by atoms with Crippen LogP contribution in [0.5, 0.6) is 5.88 Å². The molecule has 44 heavy (non-hydrogen) atoms. The van der Waals surface area contributed by atoms with Crippen LogP contribution in [0.2, 0.25) is 0 Å². The van der Waals surface area contributed by atoms with Gasteiger partial charge in [0.1, 0.15) is 23.7 Å². The zero-order valence-electron chi connectivity index (χ0n) is 23.9. The van der Waals surface area contributed by atoms with Crippen molar-refractivity contribution in [1.29, 1.82) is 0 Å². The Morgan fingerprint density at radius 3 is 2.52 bits per heavy atom. The molecule has 8 rings (SSSR count). The van der Waals surface area contributed by atoms with Gasteiger partial charge in [-0.25, -0.2) is 22.4 Å². The van der Waals surface area contributed by atoms with Crippen LogP contribution in [-0.4, -0.2) is 64.4 Å². The summed E-state index contributed by atoms with van der Waals surface area (Å²) in [7, 11) is 1.45. The summed E-state index contributed by atoms with van der Waals surface area (Å²) >= 11 is 0. The van der Waals surface area contributed by atoms with Crippen LogP contribution in [0.3, 0.4) is 0 Å². The third-order valence-corrected chi connectivity index (χ3v) is 10.5. The summed E-state index contributed by atoms with van der Waals surface area (Å²) in [6.07, 6.45) is 0.213. The van der Waals surface area contributed by atoms with Crippen molar-refractivity contribution in [3.63, 3.8) is 0 Å². The van der Waals surface area contributed by atoms with Crippen LogP contribution in [0.1, 0.15) is 55.2 Å². The van der Waals surface area contributed by atoms with E-state index in [1.165, 1.54) is 35.1 Å². The summed E-state index contributed by atoms with van der Waals surface area (Å²) in [5.74, 6) is -4.12. The highest BCUT2D eigenvalue weighted by Gasteiger charge is 2.87. The lowest BCUT2D eigenvalue weighted by Crippen LogP contribution is -2.60. The minimum Gasteiger partial charge on any atom is -0.481 e. The minimum absolute atomic E-state index is 0.00868. The number of hydrogen-bond acceptors (Lipinski definition) is 5. The Morgan fingerprint density at radius 1 is 1.05 bits per heavy atom. The number of rotatable bonds is 6. The fraction of sp³-hybridized carbons (Fsp3) is 0.394. The number of nitrogens with zero attached hydrogens (tertiary/aromatic N) is 4. The maximum atomic E-state index is 15.0. The van der Waals surface area contributed by atoms with Gasteiger partial charge < -0.3 is 4.74 Å². The standard InChI is InChI=1S/C33H30F3N4O4/c1-44-27-11-5-10-26(37-27)39-24(12-13-28(39)41)31(42)38(19-7-4-6-18(34)14-19)29-22-9-3-2-8-21(22)23-15-25-30(23)40(25,32(29)43)20-16-33(35,36)17-20/h2-11,14,20,23-25,29-30H,12-13,15-17H2,1H3/q+1. The highest BCUT2D eigenvalue weighted by atomic mass is 19.3. The first-order valence-electron chi connectivity index (χ1n) is 15.0. The molecule has 226 valence electrons. The van der Waals surface area contributed by atoms with Gasteiger partial charge in [0.2, 0.25) is 11.8 Å². The molecule has 0 bridgehead atoms. The molecule has 2 aliphatic carbocycles.